The number of aryl methyl sites for hydroxylation is 2. The Morgan fingerprint density at radius 2 is 1.95 bits per heavy atom. The second kappa shape index (κ2) is 4.81. The Morgan fingerprint density at radius 3 is 2.50 bits per heavy atom. The number of ether oxygens (including phenoxy) is 1. The molecule has 1 aromatic heterocycles. The van der Waals surface area contributed by atoms with Gasteiger partial charge in [0, 0.05) is 36.5 Å². The molecule has 0 radical (unpaired) electrons. The number of anilines is 1. The van der Waals surface area contributed by atoms with Crippen LogP contribution in [0.25, 0.3) is 0 Å². The number of carbonyl (C=O) groups excluding carboxylic acids is 2. The van der Waals surface area contributed by atoms with Gasteiger partial charge < -0.3 is 9.72 Å². The summed E-state index contributed by atoms with van der Waals surface area (Å²) in [6.45, 7) is 5.22. The lowest BCUT2D eigenvalue weighted by Gasteiger charge is -2.35. The fourth-order valence-electron chi connectivity index (χ4n) is 3.32. The summed E-state index contributed by atoms with van der Waals surface area (Å²) in [5.74, 6) is -0.457. The second-order valence-corrected chi connectivity index (χ2v) is 5.54. The molecule has 1 unspecified atom stereocenters. The van der Waals surface area contributed by atoms with Crippen LogP contribution in [0.5, 0.6) is 0 Å². The number of aromatic nitrogens is 1. The van der Waals surface area contributed by atoms with Crippen LogP contribution < -0.4 is 4.90 Å². The van der Waals surface area contributed by atoms with E-state index in [-0.39, 0.29) is 11.7 Å². The van der Waals surface area contributed by atoms with Gasteiger partial charge >= 0.3 is 0 Å². The number of rotatable bonds is 2. The molecule has 5 heteroatoms. The smallest absolute Gasteiger partial charge is 0.240 e. The molecule has 22 heavy (non-hydrogen) atoms. The normalized spacial score (nSPS) is 20.4. The summed E-state index contributed by atoms with van der Waals surface area (Å²) in [5.41, 5.74) is 2.04. The maximum Gasteiger partial charge on any atom is 0.240 e. The molecular formula is C17H18N2O3. The molecule has 0 spiro atoms. The van der Waals surface area contributed by atoms with Crippen molar-refractivity contribution in [1.29, 1.82) is 0 Å². The Kier molecular flexibility index (Phi) is 3.18. The number of methoxy groups -OCH3 is 1. The van der Waals surface area contributed by atoms with Crippen LogP contribution in [0.2, 0.25) is 0 Å². The summed E-state index contributed by atoms with van der Waals surface area (Å²) in [7, 11) is 1.46. The average molecular weight is 298 g/mol. The van der Waals surface area contributed by atoms with E-state index in [4.69, 9.17) is 4.74 Å². The fourth-order valence-corrected chi connectivity index (χ4v) is 3.32. The highest BCUT2D eigenvalue weighted by Gasteiger charge is 2.56. The van der Waals surface area contributed by atoms with Gasteiger partial charge in [-0.1, -0.05) is 12.1 Å². The summed E-state index contributed by atoms with van der Waals surface area (Å²) in [6, 6.07) is 8.95. The first-order chi connectivity index (χ1) is 10.4. The van der Waals surface area contributed by atoms with Gasteiger partial charge in [0.15, 0.2) is 0 Å². The predicted octanol–water partition coefficient (Wildman–Crippen LogP) is 2.68. The van der Waals surface area contributed by atoms with E-state index < -0.39 is 5.72 Å². The number of Topliss-reactive ketones (excluding diaryl/α,β-unsaturated/α-hetero) is 1. The van der Waals surface area contributed by atoms with Gasteiger partial charge in [-0.05, 0) is 32.0 Å². The number of ketones is 1. The highest BCUT2D eigenvalue weighted by molar-refractivity contribution is 6.19. The Hall–Kier alpha value is -2.40. The van der Waals surface area contributed by atoms with Crippen LogP contribution in [0.3, 0.4) is 0 Å². The number of aromatic amines is 1. The average Bonchev–Trinajstić information content (AvgIpc) is 2.95. The van der Waals surface area contributed by atoms with Gasteiger partial charge in [-0.2, -0.15) is 0 Å². The Morgan fingerprint density at radius 1 is 1.27 bits per heavy atom. The van der Waals surface area contributed by atoms with Gasteiger partial charge in [0.2, 0.25) is 17.4 Å². The molecule has 2 heterocycles. The minimum absolute atomic E-state index is 0.220. The van der Waals surface area contributed by atoms with Gasteiger partial charge in [0.25, 0.3) is 0 Å². The van der Waals surface area contributed by atoms with E-state index in [1.807, 2.05) is 26.0 Å². The van der Waals surface area contributed by atoms with Gasteiger partial charge in [-0.15, -0.1) is 0 Å². The Balaban J connectivity index is 2.34. The molecule has 3 rings (SSSR count). The molecule has 1 aromatic carbocycles. The highest BCUT2D eigenvalue weighted by Crippen LogP contribution is 2.46. The number of benzene rings is 1. The molecule has 0 aliphatic carbocycles. The number of hydrogen-bond acceptors (Lipinski definition) is 3. The number of amides is 1. The first-order valence-electron chi connectivity index (χ1n) is 7.10. The third-order valence-electron chi connectivity index (χ3n) is 4.14. The van der Waals surface area contributed by atoms with Crippen LogP contribution in [0.1, 0.15) is 34.2 Å². The second-order valence-electron chi connectivity index (χ2n) is 5.54. The molecule has 1 N–H and O–H groups in total. The standard InChI is InChI=1S/C17H18N2O3/c1-10-9-14(11(2)18-10)17(22-4)16(21)13-7-5-6-8-15(13)19(17)12(3)20/h5-9,18H,1-4H3. The molecule has 1 atom stereocenters. The third kappa shape index (κ3) is 1.69. The third-order valence-corrected chi connectivity index (χ3v) is 4.14. The summed E-state index contributed by atoms with van der Waals surface area (Å²) >= 11 is 0. The van der Waals surface area contributed by atoms with Crippen LogP contribution in [0.4, 0.5) is 5.69 Å². The molecule has 1 aliphatic heterocycles. The number of carbonyl (C=O) groups is 2. The van der Waals surface area contributed by atoms with Crippen LogP contribution in [-0.2, 0) is 15.3 Å². The van der Waals surface area contributed by atoms with E-state index in [1.165, 1.54) is 18.9 Å². The van der Waals surface area contributed by atoms with Crippen molar-refractivity contribution in [2.24, 2.45) is 0 Å². The minimum atomic E-state index is -1.44. The van der Waals surface area contributed by atoms with Crippen molar-refractivity contribution < 1.29 is 14.3 Å². The van der Waals surface area contributed by atoms with E-state index >= 15 is 0 Å². The minimum Gasteiger partial charge on any atom is -0.362 e. The van der Waals surface area contributed by atoms with E-state index in [9.17, 15) is 9.59 Å². The van der Waals surface area contributed by atoms with Crippen molar-refractivity contribution in [1.82, 2.24) is 4.98 Å². The molecule has 0 saturated heterocycles. The van der Waals surface area contributed by atoms with Crippen molar-refractivity contribution in [3.63, 3.8) is 0 Å². The van der Waals surface area contributed by atoms with Crippen molar-refractivity contribution in [2.45, 2.75) is 26.5 Å². The zero-order chi connectivity index (χ0) is 16.1. The Bertz CT molecular complexity index is 778. The molecule has 0 saturated carbocycles. The molecule has 1 amide bonds. The highest BCUT2D eigenvalue weighted by atomic mass is 16.5. The van der Waals surface area contributed by atoms with E-state index in [1.54, 1.807) is 18.2 Å². The van der Waals surface area contributed by atoms with Crippen LogP contribution in [0, 0.1) is 13.8 Å². The summed E-state index contributed by atoms with van der Waals surface area (Å²) in [5, 5.41) is 0. The largest absolute Gasteiger partial charge is 0.362 e. The number of para-hydroxylation sites is 1. The quantitative estimate of drug-likeness (QED) is 0.927. The maximum absolute atomic E-state index is 13.1. The lowest BCUT2D eigenvalue weighted by atomic mass is 9.96. The molecule has 0 bridgehead atoms. The van der Waals surface area contributed by atoms with Crippen LogP contribution >= 0.6 is 0 Å². The SMILES string of the molecule is COC1(c2cc(C)[nH]c2C)C(=O)c2ccccc2N1C(C)=O. The lowest BCUT2D eigenvalue weighted by Crippen LogP contribution is -2.51. The molecular weight excluding hydrogens is 280 g/mol. The van der Waals surface area contributed by atoms with Gasteiger partial charge in [-0.3, -0.25) is 14.5 Å². The number of fused-ring (bicyclic) bond motifs is 1. The zero-order valence-corrected chi connectivity index (χ0v) is 13.1. The first-order valence-corrected chi connectivity index (χ1v) is 7.10. The van der Waals surface area contributed by atoms with Crippen LogP contribution in [0.15, 0.2) is 30.3 Å². The molecule has 5 nitrogen and oxygen atoms in total. The number of nitrogens with one attached hydrogen (secondary N) is 1. The number of nitrogens with zero attached hydrogens (tertiary/aromatic N) is 1. The van der Waals surface area contributed by atoms with E-state index in [0.717, 1.165) is 11.4 Å². The summed E-state index contributed by atoms with van der Waals surface area (Å²) < 4.78 is 5.68. The molecule has 1 aliphatic rings. The molecule has 2 aromatic rings. The van der Waals surface area contributed by atoms with Gasteiger partial charge in [0.05, 0.1) is 5.69 Å². The molecule has 114 valence electrons. The fraction of sp³-hybridized carbons (Fsp3) is 0.294. The predicted molar refractivity (Wildman–Crippen MR) is 82.9 cm³/mol. The van der Waals surface area contributed by atoms with Crippen molar-refractivity contribution in [3.8, 4) is 0 Å². The first kappa shape index (κ1) is 14.5. The zero-order valence-electron chi connectivity index (χ0n) is 13.1. The van der Waals surface area contributed by atoms with Gasteiger partial charge in [0.1, 0.15) is 0 Å². The topological polar surface area (TPSA) is 62.4 Å². The monoisotopic (exact) mass is 298 g/mol. The van der Waals surface area contributed by atoms with Gasteiger partial charge in [-0.25, -0.2) is 0 Å². The van der Waals surface area contributed by atoms with Crippen molar-refractivity contribution >= 4 is 17.4 Å². The summed E-state index contributed by atoms with van der Waals surface area (Å²) in [6.07, 6.45) is 0. The van der Waals surface area contributed by atoms with Crippen molar-refractivity contribution in [2.75, 3.05) is 12.0 Å². The molecule has 0 fully saturated rings. The lowest BCUT2D eigenvalue weighted by molar-refractivity contribution is -0.121. The van der Waals surface area contributed by atoms with E-state index in [2.05, 4.69) is 4.98 Å². The van der Waals surface area contributed by atoms with Crippen molar-refractivity contribution in [3.05, 3.63) is 52.8 Å². The Labute approximate surface area is 128 Å². The van der Waals surface area contributed by atoms with E-state index in [0.29, 0.717) is 16.8 Å². The maximum atomic E-state index is 13.1. The number of H-pyrrole nitrogens is 1. The van der Waals surface area contributed by atoms with Crippen LogP contribution in [-0.4, -0.2) is 23.8 Å². The summed E-state index contributed by atoms with van der Waals surface area (Å²) in [4.78, 5) is 30.0. The number of hydrogen-bond donors (Lipinski definition) is 1.